The molecule has 0 spiro atoms. The van der Waals surface area contributed by atoms with E-state index < -0.39 is 0 Å². The van der Waals surface area contributed by atoms with Crippen molar-refractivity contribution in [3.8, 4) is 0 Å². The van der Waals surface area contributed by atoms with E-state index in [9.17, 15) is 0 Å². The minimum atomic E-state index is 0.335. The highest BCUT2D eigenvalue weighted by molar-refractivity contribution is 5.02. The average molecular weight is 266 g/mol. The van der Waals surface area contributed by atoms with Gasteiger partial charge >= 0.3 is 0 Å². The maximum absolute atomic E-state index is 8.64. The summed E-state index contributed by atoms with van der Waals surface area (Å²) in [5.41, 5.74) is 0. The summed E-state index contributed by atoms with van der Waals surface area (Å²) in [7, 11) is 0. The van der Waals surface area contributed by atoms with Crippen LogP contribution >= 0.6 is 0 Å². The molecule has 0 rings (SSSR count). The van der Waals surface area contributed by atoms with Crippen LogP contribution in [0.1, 0.15) is 84.0 Å². The average Bonchev–Trinajstić information content (AvgIpc) is 2.43. The third-order valence-corrected chi connectivity index (χ3v) is 3.39. The van der Waals surface area contributed by atoms with Crippen LogP contribution in [0.2, 0.25) is 0 Å². The van der Waals surface area contributed by atoms with Gasteiger partial charge in [0, 0.05) is 6.61 Å². The van der Waals surface area contributed by atoms with Crippen LogP contribution in [0.4, 0.5) is 0 Å². The van der Waals surface area contributed by atoms with Crippen molar-refractivity contribution in [2.75, 3.05) is 6.61 Å². The minimum Gasteiger partial charge on any atom is -0.396 e. The first kappa shape index (κ1) is 18.4. The lowest BCUT2D eigenvalue weighted by Crippen LogP contribution is -1.81. The molecule has 0 aromatic heterocycles. The van der Waals surface area contributed by atoms with Crippen molar-refractivity contribution in [2.45, 2.75) is 84.0 Å². The van der Waals surface area contributed by atoms with Crippen molar-refractivity contribution in [3.63, 3.8) is 0 Å². The van der Waals surface area contributed by atoms with Crippen LogP contribution in [-0.4, -0.2) is 11.7 Å². The number of unbranched alkanes of at least 4 members (excludes halogenated alkanes) is 10. The normalized spacial score (nSPS) is 11.9. The molecular formula is C18H34O. The molecule has 19 heavy (non-hydrogen) atoms. The number of allylic oxidation sites excluding steroid dienone is 4. The van der Waals surface area contributed by atoms with Gasteiger partial charge in [0.25, 0.3) is 0 Å². The summed E-state index contributed by atoms with van der Waals surface area (Å²) in [6.45, 7) is 2.60. The molecule has 0 unspecified atom stereocenters. The van der Waals surface area contributed by atoms with E-state index in [2.05, 4.69) is 31.2 Å². The zero-order valence-electron chi connectivity index (χ0n) is 12.9. The molecule has 0 saturated heterocycles. The lowest BCUT2D eigenvalue weighted by atomic mass is 10.1. The minimum absolute atomic E-state index is 0.335. The zero-order valence-corrected chi connectivity index (χ0v) is 12.9. The van der Waals surface area contributed by atoms with Crippen molar-refractivity contribution in [3.05, 3.63) is 24.3 Å². The molecule has 0 saturated carbocycles. The number of rotatable bonds is 14. The molecule has 1 nitrogen and oxygen atoms in total. The first-order chi connectivity index (χ1) is 9.41. The van der Waals surface area contributed by atoms with E-state index in [-0.39, 0.29) is 0 Å². The Hall–Kier alpha value is -0.560. The van der Waals surface area contributed by atoms with Crippen LogP contribution in [-0.2, 0) is 0 Å². The SMILES string of the molecule is CCCCCCCCCC=CC=CCCCCCO. The van der Waals surface area contributed by atoms with Crippen molar-refractivity contribution in [1.82, 2.24) is 0 Å². The lowest BCUT2D eigenvalue weighted by molar-refractivity contribution is 0.283. The fraction of sp³-hybridized carbons (Fsp3) is 0.778. The fourth-order valence-corrected chi connectivity index (χ4v) is 2.12. The Balaban J connectivity index is 3.14. The van der Waals surface area contributed by atoms with E-state index in [4.69, 9.17) is 5.11 Å². The molecule has 0 radical (unpaired) electrons. The Bertz CT molecular complexity index is 206. The molecule has 0 heterocycles. The topological polar surface area (TPSA) is 20.2 Å². The van der Waals surface area contributed by atoms with Crippen molar-refractivity contribution in [2.24, 2.45) is 0 Å². The first-order valence-corrected chi connectivity index (χ1v) is 8.34. The van der Waals surface area contributed by atoms with Gasteiger partial charge in [-0.25, -0.2) is 0 Å². The van der Waals surface area contributed by atoms with Crippen molar-refractivity contribution >= 4 is 0 Å². The summed E-state index contributed by atoms with van der Waals surface area (Å²) in [6.07, 6.45) is 24.3. The Morgan fingerprint density at radius 1 is 0.632 bits per heavy atom. The maximum atomic E-state index is 8.64. The van der Waals surface area contributed by atoms with Gasteiger partial charge in [-0.05, 0) is 32.1 Å². The number of hydrogen-bond donors (Lipinski definition) is 1. The number of aliphatic hydroxyl groups is 1. The molecule has 0 aliphatic heterocycles. The quantitative estimate of drug-likeness (QED) is 0.311. The predicted molar refractivity (Wildman–Crippen MR) is 86.4 cm³/mol. The van der Waals surface area contributed by atoms with Gasteiger partial charge in [-0.15, -0.1) is 0 Å². The summed E-state index contributed by atoms with van der Waals surface area (Å²) < 4.78 is 0. The molecule has 0 bridgehead atoms. The summed E-state index contributed by atoms with van der Waals surface area (Å²) in [5.74, 6) is 0. The van der Waals surface area contributed by atoms with Gasteiger partial charge < -0.3 is 5.11 Å². The standard InChI is InChI=1S/C18H34O/c1-2-3-4-5-6-7-8-9-10-11-12-13-14-15-16-17-18-19/h10-13,19H,2-9,14-18H2,1H3. The van der Waals surface area contributed by atoms with Crippen LogP contribution < -0.4 is 0 Å². The summed E-state index contributed by atoms with van der Waals surface area (Å²) in [5, 5.41) is 8.64. The van der Waals surface area contributed by atoms with Crippen molar-refractivity contribution < 1.29 is 5.11 Å². The molecule has 1 heteroatoms. The monoisotopic (exact) mass is 266 g/mol. The van der Waals surface area contributed by atoms with E-state index >= 15 is 0 Å². The van der Waals surface area contributed by atoms with E-state index in [0.29, 0.717) is 6.61 Å². The van der Waals surface area contributed by atoms with Gasteiger partial charge in [0.1, 0.15) is 0 Å². The van der Waals surface area contributed by atoms with Crippen LogP contribution in [0.15, 0.2) is 24.3 Å². The second-order valence-electron chi connectivity index (χ2n) is 5.34. The highest BCUT2D eigenvalue weighted by atomic mass is 16.2. The molecule has 112 valence electrons. The van der Waals surface area contributed by atoms with E-state index in [1.54, 1.807) is 0 Å². The largest absolute Gasteiger partial charge is 0.396 e. The third kappa shape index (κ3) is 17.4. The fourth-order valence-electron chi connectivity index (χ4n) is 2.12. The molecule has 0 aromatic rings. The third-order valence-electron chi connectivity index (χ3n) is 3.39. The van der Waals surface area contributed by atoms with Gasteiger partial charge in [-0.3, -0.25) is 0 Å². The van der Waals surface area contributed by atoms with Gasteiger partial charge in [0.15, 0.2) is 0 Å². The maximum Gasteiger partial charge on any atom is 0.0431 e. The molecule has 0 atom stereocenters. The molecule has 1 N–H and O–H groups in total. The second kappa shape index (κ2) is 17.4. The van der Waals surface area contributed by atoms with E-state index in [1.165, 1.54) is 57.8 Å². The molecule has 0 aromatic carbocycles. The van der Waals surface area contributed by atoms with Crippen LogP contribution in [0.25, 0.3) is 0 Å². The second-order valence-corrected chi connectivity index (χ2v) is 5.34. The molecule has 0 fully saturated rings. The molecule has 0 aliphatic rings. The Morgan fingerprint density at radius 2 is 1.11 bits per heavy atom. The molecule has 0 aliphatic carbocycles. The number of aliphatic hydroxyl groups excluding tert-OH is 1. The predicted octanol–water partition coefficient (Wildman–Crippen LogP) is 5.79. The summed E-state index contributed by atoms with van der Waals surface area (Å²) in [4.78, 5) is 0. The highest BCUT2D eigenvalue weighted by Crippen LogP contribution is 2.08. The van der Waals surface area contributed by atoms with Gasteiger partial charge in [-0.1, -0.05) is 76.2 Å². The zero-order chi connectivity index (χ0) is 14.0. The van der Waals surface area contributed by atoms with Gasteiger partial charge in [0.2, 0.25) is 0 Å². The van der Waals surface area contributed by atoms with E-state index in [1.807, 2.05) is 0 Å². The first-order valence-electron chi connectivity index (χ1n) is 8.34. The highest BCUT2D eigenvalue weighted by Gasteiger charge is 1.89. The Morgan fingerprint density at radius 3 is 1.63 bits per heavy atom. The molecular weight excluding hydrogens is 232 g/mol. The van der Waals surface area contributed by atoms with Gasteiger partial charge in [-0.2, -0.15) is 0 Å². The Labute approximate surface area is 120 Å². The van der Waals surface area contributed by atoms with Gasteiger partial charge in [0.05, 0.1) is 0 Å². The summed E-state index contributed by atoms with van der Waals surface area (Å²) in [6, 6.07) is 0. The van der Waals surface area contributed by atoms with Crippen LogP contribution in [0.5, 0.6) is 0 Å². The number of hydrogen-bond acceptors (Lipinski definition) is 1. The van der Waals surface area contributed by atoms with E-state index in [0.717, 1.165) is 19.3 Å². The smallest absolute Gasteiger partial charge is 0.0431 e. The summed E-state index contributed by atoms with van der Waals surface area (Å²) >= 11 is 0. The van der Waals surface area contributed by atoms with Crippen LogP contribution in [0.3, 0.4) is 0 Å². The Kier molecular flexibility index (Phi) is 16.9. The lowest BCUT2D eigenvalue weighted by Gasteiger charge is -1.98. The van der Waals surface area contributed by atoms with Crippen LogP contribution in [0, 0.1) is 0 Å². The van der Waals surface area contributed by atoms with Crippen molar-refractivity contribution in [1.29, 1.82) is 0 Å². The molecule has 0 amide bonds.